The first-order valence-corrected chi connectivity index (χ1v) is 22.4. The van der Waals surface area contributed by atoms with E-state index < -0.39 is 0 Å². The van der Waals surface area contributed by atoms with E-state index in [9.17, 15) is 0 Å². The second-order valence-corrected chi connectivity index (χ2v) is 16.5. The Morgan fingerprint density at radius 1 is 0.333 bits per heavy atom. The largest absolute Gasteiger partial charge is 0.399 e. The van der Waals surface area contributed by atoms with Crippen molar-refractivity contribution >= 4 is 11.4 Å². The predicted molar refractivity (Wildman–Crippen MR) is 239 cm³/mol. The molecule has 0 spiro atoms. The van der Waals surface area contributed by atoms with Crippen LogP contribution in [0.2, 0.25) is 0 Å². The third kappa shape index (κ3) is 15.7. The second-order valence-electron chi connectivity index (χ2n) is 16.5. The van der Waals surface area contributed by atoms with E-state index in [-0.39, 0.29) is 0 Å². The predicted octanol–water partition coefficient (Wildman–Crippen LogP) is 15.4. The number of hydrogen-bond donors (Lipinski definition) is 2. The lowest BCUT2D eigenvalue weighted by atomic mass is 9.83. The molecule has 0 bridgehead atoms. The average Bonchev–Trinajstić information content (AvgIpc) is 3.19. The molecule has 0 amide bonds. The highest BCUT2D eigenvalue weighted by atomic mass is 14.5. The van der Waals surface area contributed by atoms with E-state index >= 15 is 0 Å². The van der Waals surface area contributed by atoms with Gasteiger partial charge in [0.1, 0.15) is 0 Å². The van der Waals surface area contributed by atoms with Crippen molar-refractivity contribution in [2.24, 2.45) is 5.92 Å². The molecule has 4 aromatic carbocycles. The van der Waals surface area contributed by atoms with Crippen LogP contribution in [0, 0.1) is 5.92 Å². The quantitative estimate of drug-likeness (QED) is 0.0452. The molecule has 0 saturated carbocycles. The summed E-state index contributed by atoms with van der Waals surface area (Å²) in [5, 5.41) is 0. The van der Waals surface area contributed by atoms with Crippen LogP contribution < -0.4 is 11.5 Å². The molecule has 0 fully saturated rings. The van der Waals surface area contributed by atoms with E-state index in [2.05, 4.69) is 118 Å². The fourth-order valence-electron chi connectivity index (χ4n) is 8.52. The highest BCUT2D eigenvalue weighted by Gasteiger charge is 2.18. The Hall–Kier alpha value is -3.52. The van der Waals surface area contributed by atoms with Gasteiger partial charge in [0.25, 0.3) is 0 Å². The first-order chi connectivity index (χ1) is 26.5. The molecule has 2 unspecified atom stereocenters. The Bertz CT molecular complexity index is 1400. The van der Waals surface area contributed by atoms with Crippen molar-refractivity contribution in [3.05, 3.63) is 130 Å². The fourth-order valence-corrected chi connectivity index (χ4v) is 8.52. The number of anilines is 2. The van der Waals surface area contributed by atoms with Crippen LogP contribution in [-0.4, -0.2) is 0 Å². The highest BCUT2D eigenvalue weighted by Crippen LogP contribution is 2.34. The van der Waals surface area contributed by atoms with Crippen LogP contribution in [0.4, 0.5) is 11.4 Å². The van der Waals surface area contributed by atoms with E-state index in [0.717, 1.165) is 24.2 Å². The van der Waals surface area contributed by atoms with Gasteiger partial charge < -0.3 is 11.5 Å². The number of benzene rings is 4. The molecule has 0 aliphatic rings. The molecule has 0 aromatic heterocycles. The summed E-state index contributed by atoms with van der Waals surface area (Å²) in [5.41, 5.74) is 22.5. The maximum absolute atomic E-state index is 6.08. The van der Waals surface area contributed by atoms with Gasteiger partial charge in [0.15, 0.2) is 0 Å². The molecule has 0 aliphatic heterocycles. The number of nitrogen functional groups attached to an aromatic ring is 2. The summed E-state index contributed by atoms with van der Waals surface area (Å²) >= 11 is 0. The lowest BCUT2D eigenvalue weighted by Gasteiger charge is -2.21. The zero-order chi connectivity index (χ0) is 38.2. The molecule has 2 atom stereocenters. The van der Waals surface area contributed by atoms with Gasteiger partial charge in [-0.15, -0.1) is 0 Å². The van der Waals surface area contributed by atoms with Crippen molar-refractivity contribution in [1.82, 2.24) is 0 Å². The molecule has 2 nitrogen and oxygen atoms in total. The minimum Gasteiger partial charge on any atom is -0.399 e. The van der Waals surface area contributed by atoms with Crippen molar-refractivity contribution in [1.29, 1.82) is 0 Å². The molecule has 0 radical (unpaired) electrons. The Morgan fingerprint density at radius 3 is 0.963 bits per heavy atom. The number of rotatable bonds is 28. The topological polar surface area (TPSA) is 52.0 Å². The minimum atomic E-state index is 0.427. The van der Waals surface area contributed by atoms with Gasteiger partial charge in [-0.3, -0.25) is 0 Å². The van der Waals surface area contributed by atoms with Gasteiger partial charge in [0.05, 0.1) is 0 Å². The average molecular weight is 729 g/mol. The minimum absolute atomic E-state index is 0.427. The molecule has 54 heavy (non-hydrogen) atoms. The third-order valence-corrected chi connectivity index (χ3v) is 11.9. The van der Waals surface area contributed by atoms with Gasteiger partial charge in [0.2, 0.25) is 0 Å². The smallest absolute Gasteiger partial charge is 0.0314 e. The Labute approximate surface area is 332 Å². The maximum atomic E-state index is 6.08. The summed E-state index contributed by atoms with van der Waals surface area (Å²) < 4.78 is 0. The van der Waals surface area contributed by atoms with E-state index in [1.807, 2.05) is 0 Å². The van der Waals surface area contributed by atoms with Crippen molar-refractivity contribution in [3.63, 3.8) is 0 Å². The summed E-state index contributed by atoms with van der Waals surface area (Å²) in [5.74, 6) is 1.50. The number of unbranched alkanes of at least 4 members (excludes halogenated alkanes) is 14. The van der Waals surface area contributed by atoms with E-state index in [1.54, 1.807) is 0 Å². The van der Waals surface area contributed by atoms with Crippen LogP contribution in [0.3, 0.4) is 0 Å². The zero-order valence-electron chi connectivity index (χ0n) is 34.7. The zero-order valence-corrected chi connectivity index (χ0v) is 34.7. The number of nitrogens with two attached hydrogens (primary N) is 2. The first-order valence-electron chi connectivity index (χ1n) is 22.4. The lowest BCUT2D eigenvalue weighted by Crippen LogP contribution is -2.10. The Balaban J connectivity index is 1.45. The molecule has 0 heterocycles. The molecule has 0 saturated heterocycles. The molecule has 0 aliphatic carbocycles. The van der Waals surface area contributed by atoms with Crippen LogP contribution >= 0.6 is 0 Å². The van der Waals surface area contributed by atoms with E-state index in [4.69, 9.17) is 11.5 Å². The molecule has 2 heteroatoms. The SMILES string of the molecule is CCCCCCCCCCCC(Cc1ccc(C(CCCCCC)c2ccc(N)cc2)cc1)Cc1ccc(C(CCCCCC)c2ccc(N)cc2)cc1. The van der Waals surface area contributed by atoms with Gasteiger partial charge in [-0.2, -0.15) is 0 Å². The van der Waals surface area contributed by atoms with Gasteiger partial charge in [0, 0.05) is 23.2 Å². The van der Waals surface area contributed by atoms with Crippen molar-refractivity contribution in [3.8, 4) is 0 Å². The summed E-state index contributed by atoms with van der Waals surface area (Å²) in [4.78, 5) is 0. The van der Waals surface area contributed by atoms with Crippen molar-refractivity contribution in [2.75, 3.05) is 11.5 Å². The fraction of sp³-hybridized carbons (Fsp3) is 0.538. The van der Waals surface area contributed by atoms with Crippen molar-refractivity contribution < 1.29 is 0 Å². The van der Waals surface area contributed by atoms with E-state index in [1.165, 1.54) is 162 Å². The van der Waals surface area contributed by atoms with Crippen LogP contribution in [0.25, 0.3) is 0 Å². The van der Waals surface area contributed by atoms with Gasteiger partial charge in [-0.05, 0) is 95.7 Å². The van der Waals surface area contributed by atoms with Gasteiger partial charge in [-0.25, -0.2) is 0 Å². The molecule has 294 valence electrons. The maximum Gasteiger partial charge on any atom is 0.0314 e. The third-order valence-electron chi connectivity index (χ3n) is 11.9. The van der Waals surface area contributed by atoms with Gasteiger partial charge in [-0.1, -0.05) is 203 Å². The molecule has 4 aromatic rings. The Morgan fingerprint density at radius 2 is 0.611 bits per heavy atom. The monoisotopic (exact) mass is 729 g/mol. The summed E-state index contributed by atoms with van der Waals surface area (Å²) in [6, 6.07) is 36.7. The van der Waals surface area contributed by atoms with Crippen LogP contribution in [-0.2, 0) is 12.8 Å². The molecular formula is C52H76N2. The molecular weight excluding hydrogens is 653 g/mol. The van der Waals surface area contributed by atoms with Crippen LogP contribution in [0.15, 0.2) is 97.1 Å². The second kappa shape index (κ2) is 25.5. The van der Waals surface area contributed by atoms with Crippen LogP contribution in [0.1, 0.15) is 194 Å². The summed E-state index contributed by atoms with van der Waals surface area (Å²) in [7, 11) is 0. The van der Waals surface area contributed by atoms with Gasteiger partial charge >= 0.3 is 0 Å². The molecule has 4 N–H and O–H groups in total. The number of hydrogen-bond acceptors (Lipinski definition) is 2. The van der Waals surface area contributed by atoms with Crippen molar-refractivity contribution in [2.45, 2.75) is 174 Å². The normalized spacial score (nSPS) is 13.2. The summed E-state index contributed by atoms with van der Waals surface area (Å²) in [6.07, 6.45) is 28.8. The standard InChI is InChI=1S/C52H76N2/c1-4-7-10-13-14-15-16-17-18-21-44(40-42-24-28-45(29-25-42)51(22-19-11-8-5-2)47-32-36-49(53)37-33-47)41-43-26-30-46(31-27-43)52(23-20-12-9-6-3)48-34-38-50(54)39-35-48/h24-39,44,51-52H,4-23,40-41,53-54H2,1-3H3. The highest BCUT2D eigenvalue weighted by molar-refractivity contribution is 5.44. The lowest BCUT2D eigenvalue weighted by molar-refractivity contribution is 0.444. The Kier molecular flexibility index (Phi) is 20.4. The summed E-state index contributed by atoms with van der Waals surface area (Å²) in [6.45, 7) is 6.90. The molecule has 4 rings (SSSR count). The first kappa shape index (κ1) is 43.2. The van der Waals surface area contributed by atoms with Crippen LogP contribution in [0.5, 0.6) is 0 Å². The van der Waals surface area contributed by atoms with E-state index in [0.29, 0.717) is 17.8 Å².